The Morgan fingerprint density at radius 1 is 1.22 bits per heavy atom. The van der Waals surface area contributed by atoms with Crippen molar-refractivity contribution in [3.05, 3.63) is 0 Å². The standard InChI is InChI=1S/C15H22F3NO4/c16-15(17,18)11-3-1-2-10(8-11)13(22)19-14(9-12(20)21)4-6-23-7-5-14/h10-11H,1-9H2,(H,19,22)(H,20,21). The minimum Gasteiger partial charge on any atom is -0.481 e. The van der Waals surface area contributed by atoms with E-state index < -0.39 is 35.4 Å². The summed E-state index contributed by atoms with van der Waals surface area (Å²) in [4.78, 5) is 23.5. The Kier molecular flexibility index (Phi) is 5.54. The zero-order valence-electron chi connectivity index (χ0n) is 12.8. The lowest BCUT2D eigenvalue weighted by Gasteiger charge is -2.39. The van der Waals surface area contributed by atoms with E-state index in [0.29, 0.717) is 38.9 Å². The van der Waals surface area contributed by atoms with Crippen LogP contribution in [0.15, 0.2) is 0 Å². The van der Waals surface area contributed by atoms with Crippen LogP contribution in [0.4, 0.5) is 13.2 Å². The average Bonchev–Trinajstić information content (AvgIpc) is 2.46. The molecule has 0 radical (unpaired) electrons. The van der Waals surface area contributed by atoms with E-state index in [4.69, 9.17) is 9.84 Å². The van der Waals surface area contributed by atoms with Crippen LogP contribution in [0.25, 0.3) is 0 Å². The van der Waals surface area contributed by atoms with E-state index in [1.165, 1.54) is 0 Å². The van der Waals surface area contributed by atoms with Crippen LogP contribution in [-0.4, -0.2) is 41.9 Å². The molecule has 1 saturated carbocycles. The summed E-state index contributed by atoms with van der Waals surface area (Å²) in [7, 11) is 0. The number of halogens is 3. The minimum absolute atomic E-state index is 0.0569. The Morgan fingerprint density at radius 3 is 2.43 bits per heavy atom. The molecule has 2 rings (SSSR count). The molecule has 1 amide bonds. The lowest BCUT2D eigenvalue weighted by Crippen LogP contribution is -2.55. The smallest absolute Gasteiger partial charge is 0.391 e. The maximum atomic E-state index is 12.9. The average molecular weight is 337 g/mol. The Labute approximate surface area is 132 Å². The van der Waals surface area contributed by atoms with Crippen LogP contribution in [0.3, 0.4) is 0 Å². The molecule has 1 aliphatic carbocycles. The summed E-state index contributed by atoms with van der Waals surface area (Å²) in [6, 6.07) is 0. The van der Waals surface area contributed by atoms with E-state index in [-0.39, 0.29) is 19.3 Å². The molecule has 2 fully saturated rings. The molecule has 0 aromatic rings. The van der Waals surface area contributed by atoms with Crippen LogP contribution >= 0.6 is 0 Å². The van der Waals surface area contributed by atoms with Crippen LogP contribution < -0.4 is 5.32 Å². The third-order valence-electron chi connectivity index (χ3n) is 4.84. The van der Waals surface area contributed by atoms with Gasteiger partial charge >= 0.3 is 12.1 Å². The summed E-state index contributed by atoms with van der Waals surface area (Å²) in [5, 5.41) is 11.8. The van der Waals surface area contributed by atoms with Crippen molar-refractivity contribution < 1.29 is 32.6 Å². The topological polar surface area (TPSA) is 75.6 Å². The van der Waals surface area contributed by atoms with E-state index >= 15 is 0 Å². The van der Waals surface area contributed by atoms with Gasteiger partial charge in [-0.15, -0.1) is 0 Å². The molecule has 2 N–H and O–H groups in total. The fraction of sp³-hybridized carbons (Fsp3) is 0.867. The largest absolute Gasteiger partial charge is 0.481 e. The number of carboxylic acid groups (broad SMARTS) is 1. The number of rotatable bonds is 4. The maximum Gasteiger partial charge on any atom is 0.391 e. The number of carbonyl (C=O) groups excluding carboxylic acids is 1. The van der Waals surface area contributed by atoms with Crippen molar-refractivity contribution in [1.29, 1.82) is 0 Å². The van der Waals surface area contributed by atoms with Crippen molar-refractivity contribution in [1.82, 2.24) is 5.32 Å². The second-order valence-electron chi connectivity index (χ2n) is 6.55. The Hall–Kier alpha value is -1.31. The van der Waals surface area contributed by atoms with Crippen LogP contribution in [0, 0.1) is 11.8 Å². The van der Waals surface area contributed by atoms with Crippen molar-refractivity contribution in [3.8, 4) is 0 Å². The fourth-order valence-corrected chi connectivity index (χ4v) is 3.49. The number of alkyl halides is 3. The predicted molar refractivity (Wildman–Crippen MR) is 74.7 cm³/mol. The van der Waals surface area contributed by atoms with Gasteiger partial charge < -0.3 is 15.2 Å². The first kappa shape index (κ1) is 18.0. The second-order valence-corrected chi connectivity index (χ2v) is 6.55. The van der Waals surface area contributed by atoms with Crippen LogP contribution in [0.5, 0.6) is 0 Å². The van der Waals surface area contributed by atoms with E-state index in [1.54, 1.807) is 0 Å². The molecule has 0 aromatic heterocycles. The van der Waals surface area contributed by atoms with E-state index in [9.17, 15) is 22.8 Å². The molecule has 23 heavy (non-hydrogen) atoms. The summed E-state index contributed by atoms with van der Waals surface area (Å²) in [6.45, 7) is 0.673. The van der Waals surface area contributed by atoms with Gasteiger partial charge in [0.15, 0.2) is 0 Å². The van der Waals surface area contributed by atoms with Crippen molar-refractivity contribution in [2.75, 3.05) is 13.2 Å². The molecule has 0 spiro atoms. The summed E-state index contributed by atoms with van der Waals surface area (Å²) in [5.41, 5.74) is -0.910. The van der Waals surface area contributed by atoms with Gasteiger partial charge in [-0.25, -0.2) is 0 Å². The highest BCUT2D eigenvalue weighted by molar-refractivity contribution is 5.80. The third kappa shape index (κ3) is 4.83. The highest BCUT2D eigenvalue weighted by Crippen LogP contribution is 2.40. The molecule has 1 heterocycles. The molecule has 2 aliphatic rings. The van der Waals surface area contributed by atoms with Gasteiger partial charge in [0.05, 0.1) is 17.9 Å². The van der Waals surface area contributed by atoms with Gasteiger partial charge in [0, 0.05) is 19.1 Å². The van der Waals surface area contributed by atoms with E-state index in [0.717, 1.165) is 0 Å². The Balaban J connectivity index is 2.02. The second kappa shape index (κ2) is 7.07. The third-order valence-corrected chi connectivity index (χ3v) is 4.84. The number of carbonyl (C=O) groups is 2. The van der Waals surface area contributed by atoms with E-state index in [1.807, 2.05) is 0 Å². The number of ether oxygens (including phenoxy) is 1. The monoisotopic (exact) mass is 337 g/mol. The Bertz CT molecular complexity index is 446. The predicted octanol–water partition coefficient (Wildman–Crippen LogP) is 2.50. The first-order valence-corrected chi connectivity index (χ1v) is 7.90. The fourth-order valence-electron chi connectivity index (χ4n) is 3.49. The van der Waals surface area contributed by atoms with Gasteiger partial charge in [-0.2, -0.15) is 13.2 Å². The van der Waals surface area contributed by atoms with Gasteiger partial charge in [-0.05, 0) is 32.1 Å². The SMILES string of the molecule is O=C(O)CC1(NC(=O)C2CCCC(C(F)(F)F)C2)CCOCC1. The molecule has 8 heteroatoms. The normalized spacial score (nSPS) is 28.1. The number of hydrogen-bond acceptors (Lipinski definition) is 3. The molecular weight excluding hydrogens is 315 g/mol. The summed E-state index contributed by atoms with van der Waals surface area (Å²) >= 11 is 0. The molecule has 5 nitrogen and oxygen atoms in total. The van der Waals surface area contributed by atoms with Gasteiger partial charge in [-0.3, -0.25) is 9.59 Å². The molecule has 1 aliphatic heterocycles. The number of nitrogens with one attached hydrogen (secondary N) is 1. The molecule has 1 saturated heterocycles. The van der Waals surface area contributed by atoms with Crippen molar-refractivity contribution >= 4 is 11.9 Å². The summed E-state index contributed by atoms with van der Waals surface area (Å²) < 4.78 is 43.8. The number of carboxylic acids is 1. The molecule has 132 valence electrons. The quantitative estimate of drug-likeness (QED) is 0.826. The van der Waals surface area contributed by atoms with Crippen LogP contribution in [0.2, 0.25) is 0 Å². The molecule has 2 atom stereocenters. The lowest BCUT2D eigenvalue weighted by atomic mass is 9.79. The van der Waals surface area contributed by atoms with Gasteiger partial charge in [0.1, 0.15) is 0 Å². The zero-order chi connectivity index (χ0) is 17.1. The highest BCUT2D eigenvalue weighted by atomic mass is 19.4. The molecular formula is C15H22F3NO4. The zero-order valence-corrected chi connectivity index (χ0v) is 12.8. The summed E-state index contributed by atoms with van der Waals surface area (Å²) in [6.07, 6.45) is -3.18. The van der Waals surface area contributed by atoms with Crippen LogP contribution in [-0.2, 0) is 14.3 Å². The Morgan fingerprint density at radius 2 is 1.87 bits per heavy atom. The molecule has 0 bridgehead atoms. The molecule has 2 unspecified atom stereocenters. The highest BCUT2D eigenvalue weighted by Gasteiger charge is 2.45. The first-order valence-electron chi connectivity index (χ1n) is 7.90. The summed E-state index contributed by atoms with van der Waals surface area (Å²) in [5.74, 6) is -3.65. The number of hydrogen-bond donors (Lipinski definition) is 2. The van der Waals surface area contributed by atoms with Gasteiger partial charge in [-0.1, -0.05) is 6.42 Å². The minimum atomic E-state index is -4.28. The van der Waals surface area contributed by atoms with Gasteiger partial charge in [0.2, 0.25) is 5.91 Å². The van der Waals surface area contributed by atoms with Crippen molar-refractivity contribution in [2.45, 2.75) is 56.7 Å². The molecule has 0 aromatic carbocycles. The van der Waals surface area contributed by atoms with Crippen molar-refractivity contribution in [2.24, 2.45) is 11.8 Å². The number of amides is 1. The first-order chi connectivity index (χ1) is 10.7. The van der Waals surface area contributed by atoms with Gasteiger partial charge in [0.25, 0.3) is 0 Å². The lowest BCUT2D eigenvalue weighted by molar-refractivity contribution is -0.186. The van der Waals surface area contributed by atoms with E-state index in [2.05, 4.69) is 5.32 Å². The number of aliphatic carboxylic acids is 1. The maximum absolute atomic E-state index is 12.9. The van der Waals surface area contributed by atoms with Crippen molar-refractivity contribution in [3.63, 3.8) is 0 Å². The van der Waals surface area contributed by atoms with Crippen LogP contribution in [0.1, 0.15) is 44.9 Å².